The van der Waals surface area contributed by atoms with Crippen molar-refractivity contribution in [3.05, 3.63) is 34.6 Å². The van der Waals surface area contributed by atoms with Crippen LogP contribution < -0.4 is 0 Å². The van der Waals surface area contributed by atoms with Crippen molar-refractivity contribution in [3.8, 4) is 0 Å². The van der Waals surface area contributed by atoms with E-state index < -0.39 is 5.82 Å². The van der Waals surface area contributed by atoms with Crippen LogP contribution in [-0.2, 0) is 0 Å². The molecule has 5 heteroatoms. The molecule has 2 rings (SSSR count). The summed E-state index contributed by atoms with van der Waals surface area (Å²) in [6.45, 7) is 1.42. The van der Waals surface area contributed by atoms with Gasteiger partial charge in [0.15, 0.2) is 0 Å². The van der Waals surface area contributed by atoms with E-state index in [4.69, 9.17) is 11.6 Å². The number of rotatable bonds is 2. The first kappa shape index (κ1) is 13.8. The molecular formula is C13H14BrClFNO. The van der Waals surface area contributed by atoms with Gasteiger partial charge in [-0.05, 0) is 30.9 Å². The molecule has 0 saturated carbocycles. The molecule has 1 aromatic carbocycles. The molecule has 0 bridgehead atoms. The van der Waals surface area contributed by atoms with Gasteiger partial charge >= 0.3 is 0 Å². The molecule has 2 nitrogen and oxygen atoms in total. The third kappa shape index (κ3) is 2.86. The van der Waals surface area contributed by atoms with Gasteiger partial charge in [0.05, 0.1) is 10.6 Å². The van der Waals surface area contributed by atoms with Crippen molar-refractivity contribution in [3.63, 3.8) is 0 Å². The smallest absolute Gasteiger partial charge is 0.255 e. The fourth-order valence-corrected chi connectivity index (χ4v) is 2.95. The second-order valence-electron chi connectivity index (χ2n) is 4.52. The number of nitrogens with zero attached hydrogens (tertiary/aromatic N) is 1. The average Bonchev–Trinajstić information content (AvgIpc) is 2.41. The van der Waals surface area contributed by atoms with E-state index in [0.717, 1.165) is 24.7 Å². The minimum atomic E-state index is -0.545. The van der Waals surface area contributed by atoms with Gasteiger partial charge in [0.25, 0.3) is 5.91 Å². The van der Waals surface area contributed by atoms with Crippen LogP contribution in [0, 0.1) is 11.7 Å². The first-order valence-electron chi connectivity index (χ1n) is 5.92. The molecule has 1 fully saturated rings. The summed E-state index contributed by atoms with van der Waals surface area (Å²) in [5.41, 5.74) is 0.256. The lowest BCUT2D eigenvalue weighted by Crippen LogP contribution is -2.40. The van der Waals surface area contributed by atoms with Crippen molar-refractivity contribution < 1.29 is 9.18 Å². The zero-order valence-electron chi connectivity index (χ0n) is 9.83. The molecule has 1 unspecified atom stereocenters. The lowest BCUT2D eigenvalue weighted by molar-refractivity contribution is 0.0685. The Kier molecular flexibility index (Phi) is 4.62. The maximum absolute atomic E-state index is 13.3. The molecule has 0 aromatic heterocycles. The second-order valence-corrected chi connectivity index (χ2v) is 5.54. The zero-order chi connectivity index (χ0) is 13.1. The number of hydrogen-bond acceptors (Lipinski definition) is 1. The van der Waals surface area contributed by atoms with E-state index in [-0.39, 0.29) is 16.5 Å². The van der Waals surface area contributed by atoms with Crippen molar-refractivity contribution >= 4 is 33.4 Å². The Morgan fingerprint density at radius 3 is 3.06 bits per heavy atom. The summed E-state index contributed by atoms with van der Waals surface area (Å²) in [6.07, 6.45) is 2.10. The van der Waals surface area contributed by atoms with Crippen LogP contribution in [-0.4, -0.2) is 29.2 Å². The Morgan fingerprint density at radius 1 is 1.56 bits per heavy atom. The van der Waals surface area contributed by atoms with E-state index in [9.17, 15) is 9.18 Å². The zero-order valence-corrected chi connectivity index (χ0v) is 12.2. The summed E-state index contributed by atoms with van der Waals surface area (Å²) in [7, 11) is 0. The van der Waals surface area contributed by atoms with Crippen molar-refractivity contribution in [2.24, 2.45) is 5.92 Å². The van der Waals surface area contributed by atoms with Crippen LogP contribution in [0.25, 0.3) is 0 Å². The lowest BCUT2D eigenvalue weighted by Gasteiger charge is -2.32. The predicted molar refractivity (Wildman–Crippen MR) is 73.8 cm³/mol. The molecule has 0 aliphatic carbocycles. The number of amides is 1. The molecular weight excluding hydrogens is 321 g/mol. The number of carbonyl (C=O) groups excluding carboxylic acids is 1. The van der Waals surface area contributed by atoms with Crippen LogP contribution in [0.1, 0.15) is 23.2 Å². The van der Waals surface area contributed by atoms with Gasteiger partial charge in [-0.3, -0.25) is 4.79 Å². The van der Waals surface area contributed by atoms with Crippen LogP contribution >= 0.6 is 27.5 Å². The summed E-state index contributed by atoms with van der Waals surface area (Å²) in [5, 5.41) is 0.802. The van der Waals surface area contributed by atoms with Gasteiger partial charge in [0, 0.05) is 18.4 Å². The highest BCUT2D eigenvalue weighted by Gasteiger charge is 2.25. The first-order chi connectivity index (χ1) is 8.63. The Morgan fingerprint density at radius 2 is 2.33 bits per heavy atom. The van der Waals surface area contributed by atoms with Gasteiger partial charge in [-0.15, -0.1) is 0 Å². The van der Waals surface area contributed by atoms with Gasteiger partial charge < -0.3 is 4.90 Å². The Hall–Kier alpha value is -0.610. The van der Waals surface area contributed by atoms with Crippen LogP contribution in [0.15, 0.2) is 18.2 Å². The molecule has 0 radical (unpaired) electrons. The lowest BCUT2D eigenvalue weighted by atomic mass is 9.99. The van der Waals surface area contributed by atoms with E-state index in [1.165, 1.54) is 12.1 Å². The molecule has 18 heavy (non-hydrogen) atoms. The third-order valence-electron chi connectivity index (χ3n) is 3.21. The summed E-state index contributed by atoms with van der Waals surface area (Å²) in [5.74, 6) is -0.253. The van der Waals surface area contributed by atoms with Crippen LogP contribution in [0.4, 0.5) is 4.39 Å². The molecule has 1 aliphatic heterocycles. The second kappa shape index (κ2) is 6.02. The van der Waals surface area contributed by atoms with E-state index in [1.807, 2.05) is 0 Å². The van der Waals surface area contributed by atoms with Crippen LogP contribution in [0.2, 0.25) is 5.02 Å². The minimum absolute atomic E-state index is 0.0801. The topological polar surface area (TPSA) is 20.3 Å². The van der Waals surface area contributed by atoms with Gasteiger partial charge in [-0.1, -0.05) is 33.6 Å². The number of piperidine rings is 1. The number of likely N-dealkylation sites (tertiary alicyclic amines) is 1. The fraction of sp³-hybridized carbons (Fsp3) is 0.462. The molecule has 0 N–H and O–H groups in total. The highest BCUT2D eigenvalue weighted by atomic mass is 79.9. The summed E-state index contributed by atoms with van der Waals surface area (Å²) >= 11 is 9.29. The van der Waals surface area contributed by atoms with Crippen molar-refractivity contribution in [2.45, 2.75) is 12.8 Å². The molecule has 1 aromatic rings. The number of halogens is 3. The summed E-state index contributed by atoms with van der Waals surface area (Å²) < 4.78 is 13.3. The molecule has 1 aliphatic rings. The Labute approximate surface area is 119 Å². The number of hydrogen-bond donors (Lipinski definition) is 0. The highest BCUT2D eigenvalue weighted by Crippen LogP contribution is 2.24. The van der Waals surface area contributed by atoms with Gasteiger partial charge in [0.1, 0.15) is 5.82 Å². The quantitative estimate of drug-likeness (QED) is 0.755. The summed E-state index contributed by atoms with van der Waals surface area (Å²) in [4.78, 5) is 14.1. The molecule has 0 spiro atoms. The Balaban J connectivity index is 2.18. The van der Waals surface area contributed by atoms with Gasteiger partial charge in [-0.25, -0.2) is 4.39 Å². The predicted octanol–water partition coefficient (Wildman–Crippen LogP) is 3.73. The third-order valence-corrected chi connectivity index (χ3v) is 4.51. The van der Waals surface area contributed by atoms with Crippen LogP contribution in [0.5, 0.6) is 0 Å². The summed E-state index contributed by atoms with van der Waals surface area (Å²) in [6, 6.07) is 4.35. The first-order valence-corrected chi connectivity index (χ1v) is 7.42. The standard InChI is InChI=1S/C13H14BrClFNO/c14-7-9-3-2-6-17(8-9)13(18)10-4-1-5-11(16)12(10)15/h1,4-5,9H,2-3,6-8H2. The largest absolute Gasteiger partial charge is 0.338 e. The van der Waals surface area contributed by atoms with Gasteiger partial charge in [-0.2, -0.15) is 0 Å². The van der Waals surface area contributed by atoms with Crippen LogP contribution in [0.3, 0.4) is 0 Å². The SMILES string of the molecule is O=C(c1cccc(F)c1Cl)N1CCCC(CBr)C1. The van der Waals surface area contributed by atoms with Crippen molar-refractivity contribution in [1.82, 2.24) is 4.90 Å². The molecule has 1 saturated heterocycles. The van der Waals surface area contributed by atoms with Crippen molar-refractivity contribution in [1.29, 1.82) is 0 Å². The van der Waals surface area contributed by atoms with Crippen molar-refractivity contribution in [2.75, 3.05) is 18.4 Å². The minimum Gasteiger partial charge on any atom is -0.338 e. The van der Waals surface area contributed by atoms with Gasteiger partial charge in [0.2, 0.25) is 0 Å². The number of alkyl halides is 1. The fourth-order valence-electron chi connectivity index (χ4n) is 2.21. The monoisotopic (exact) mass is 333 g/mol. The molecule has 98 valence electrons. The van der Waals surface area contributed by atoms with E-state index in [1.54, 1.807) is 11.0 Å². The van der Waals surface area contributed by atoms with E-state index in [2.05, 4.69) is 15.9 Å². The van der Waals surface area contributed by atoms with E-state index in [0.29, 0.717) is 12.5 Å². The van der Waals surface area contributed by atoms with E-state index >= 15 is 0 Å². The average molecular weight is 335 g/mol. The molecule has 1 atom stereocenters. The maximum atomic E-state index is 13.3. The highest BCUT2D eigenvalue weighted by molar-refractivity contribution is 9.09. The maximum Gasteiger partial charge on any atom is 0.255 e. The molecule has 1 heterocycles. The number of carbonyl (C=O) groups is 1. The molecule has 1 amide bonds. The number of benzene rings is 1. The Bertz CT molecular complexity index is 455. The normalized spacial score (nSPS) is 19.9.